The number of hydrogen-bond donors (Lipinski definition) is 2. The highest BCUT2D eigenvalue weighted by atomic mass is 16.1. The first-order valence-corrected chi connectivity index (χ1v) is 7.18. The lowest BCUT2D eigenvalue weighted by atomic mass is 10.1. The molecule has 4 heteroatoms. The summed E-state index contributed by atoms with van der Waals surface area (Å²) in [4.78, 5) is 15.7. The van der Waals surface area contributed by atoms with Crippen LogP contribution >= 0.6 is 0 Å². The number of nitrogens with one attached hydrogen (secondary N) is 2. The fourth-order valence-corrected chi connectivity index (χ4v) is 2.19. The van der Waals surface area contributed by atoms with E-state index in [1.807, 2.05) is 13.0 Å². The molecule has 4 nitrogen and oxygen atoms in total. The molecular formula is C17H21N3O. The first-order chi connectivity index (χ1) is 10.1. The number of benzene rings is 1. The molecule has 1 aromatic heterocycles. The van der Waals surface area contributed by atoms with Crippen molar-refractivity contribution in [1.82, 2.24) is 4.98 Å². The van der Waals surface area contributed by atoms with Crippen molar-refractivity contribution in [3.8, 4) is 0 Å². The monoisotopic (exact) mass is 283 g/mol. The molecule has 0 aliphatic heterocycles. The van der Waals surface area contributed by atoms with Gasteiger partial charge in [-0.2, -0.15) is 0 Å². The van der Waals surface area contributed by atoms with Crippen LogP contribution in [0.25, 0.3) is 0 Å². The zero-order chi connectivity index (χ0) is 15.2. The van der Waals surface area contributed by atoms with E-state index in [1.165, 1.54) is 11.1 Å². The Bertz CT molecular complexity index is 600. The standard InChI is InChI=1S/C17H21N3O/c1-4-5-17(21)20-16-7-6-14(11-18-16)19-15-9-12(2)8-13(3)10-15/h6-11,19H,4-5H2,1-3H3,(H,18,20,21). The number of pyridine rings is 1. The zero-order valence-corrected chi connectivity index (χ0v) is 12.7. The van der Waals surface area contributed by atoms with Crippen LogP contribution in [-0.2, 0) is 4.79 Å². The first kappa shape index (κ1) is 15.0. The topological polar surface area (TPSA) is 54.0 Å². The normalized spacial score (nSPS) is 10.2. The average molecular weight is 283 g/mol. The largest absolute Gasteiger partial charge is 0.354 e. The van der Waals surface area contributed by atoms with Gasteiger partial charge in [0.25, 0.3) is 0 Å². The van der Waals surface area contributed by atoms with Gasteiger partial charge in [-0.1, -0.05) is 13.0 Å². The number of amides is 1. The van der Waals surface area contributed by atoms with E-state index < -0.39 is 0 Å². The number of hydrogen-bond acceptors (Lipinski definition) is 3. The molecule has 1 amide bonds. The minimum absolute atomic E-state index is 0.0000168. The van der Waals surface area contributed by atoms with E-state index in [2.05, 4.69) is 47.7 Å². The van der Waals surface area contributed by atoms with Gasteiger partial charge >= 0.3 is 0 Å². The van der Waals surface area contributed by atoms with Crippen LogP contribution < -0.4 is 10.6 Å². The van der Waals surface area contributed by atoms with E-state index >= 15 is 0 Å². The van der Waals surface area contributed by atoms with Crippen LogP contribution in [0.15, 0.2) is 36.5 Å². The minimum Gasteiger partial charge on any atom is -0.354 e. The summed E-state index contributed by atoms with van der Waals surface area (Å²) in [6, 6.07) is 10.0. The van der Waals surface area contributed by atoms with Gasteiger partial charge in [0.1, 0.15) is 5.82 Å². The number of carbonyl (C=O) groups is 1. The van der Waals surface area contributed by atoms with Crippen LogP contribution in [0.4, 0.5) is 17.2 Å². The van der Waals surface area contributed by atoms with E-state index in [-0.39, 0.29) is 5.91 Å². The third kappa shape index (κ3) is 4.60. The third-order valence-corrected chi connectivity index (χ3v) is 3.02. The molecule has 0 bridgehead atoms. The predicted molar refractivity (Wildman–Crippen MR) is 87.0 cm³/mol. The highest BCUT2D eigenvalue weighted by Gasteiger charge is 2.02. The smallest absolute Gasteiger partial charge is 0.225 e. The highest BCUT2D eigenvalue weighted by molar-refractivity contribution is 5.89. The summed E-state index contributed by atoms with van der Waals surface area (Å²) >= 11 is 0. The maximum atomic E-state index is 11.5. The van der Waals surface area contributed by atoms with Crippen molar-refractivity contribution in [2.24, 2.45) is 0 Å². The molecule has 0 aliphatic rings. The molecule has 2 aromatic rings. The van der Waals surface area contributed by atoms with E-state index in [1.54, 1.807) is 12.3 Å². The Morgan fingerprint density at radius 1 is 1.10 bits per heavy atom. The molecule has 0 aliphatic carbocycles. The van der Waals surface area contributed by atoms with E-state index in [9.17, 15) is 4.79 Å². The van der Waals surface area contributed by atoms with Crippen molar-refractivity contribution in [3.63, 3.8) is 0 Å². The number of aryl methyl sites for hydroxylation is 2. The maximum Gasteiger partial charge on any atom is 0.225 e. The van der Waals surface area contributed by atoms with Crippen molar-refractivity contribution in [2.45, 2.75) is 33.6 Å². The van der Waals surface area contributed by atoms with Gasteiger partial charge in [0.05, 0.1) is 11.9 Å². The lowest BCUT2D eigenvalue weighted by Crippen LogP contribution is -2.11. The molecule has 0 saturated carbocycles. The molecule has 0 saturated heterocycles. The van der Waals surface area contributed by atoms with Gasteiger partial charge in [-0.05, 0) is 55.7 Å². The average Bonchev–Trinajstić information content (AvgIpc) is 2.40. The van der Waals surface area contributed by atoms with Gasteiger partial charge in [0, 0.05) is 12.1 Å². The summed E-state index contributed by atoms with van der Waals surface area (Å²) in [7, 11) is 0. The number of anilines is 3. The molecule has 110 valence electrons. The van der Waals surface area contributed by atoms with Crippen LogP contribution in [-0.4, -0.2) is 10.9 Å². The van der Waals surface area contributed by atoms with Gasteiger partial charge in [-0.3, -0.25) is 4.79 Å². The molecular weight excluding hydrogens is 262 g/mol. The van der Waals surface area contributed by atoms with E-state index in [4.69, 9.17) is 0 Å². The van der Waals surface area contributed by atoms with Crippen molar-refractivity contribution in [1.29, 1.82) is 0 Å². The summed E-state index contributed by atoms with van der Waals surface area (Å²) < 4.78 is 0. The Morgan fingerprint density at radius 3 is 2.38 bits per heavy atom. The minimum atomic E-state index is 0.0000168. The second kappa shape index (κ2) is 6.88. The van der Waals surface area contributed by atoms with Crippen molar-refractivity contribution < 1.29 is 4.79 Å². The molecule has 0 fully saturated rings. The van der Waals surface area contributed by atoms with Crippen LogP contribution in [0.2, 0.25) is 0 Å². The van der Waals surface area contributed by atoms with Gasteiger partial charge in [0.15, 0.2) is 0 Å². The van der Waals surface area contributed by atoms with Crippen LogP contribution in [0, 0.1) is 13.8 Å². The molecule has 21 heavy (non-hydrogen) atoms. The van der Waals surface area contributed by atoms with Crippen molar-refractivity contribution >= 4 is 23.1 Å². The number of nitrogens with zero attached hydrogens (tertiary/aromatic N) is 1. The quantitative estimate of drug-likeness (QED) is 0.865. The van der Waals surface area contributed by atoms with Gasteiger partial charge < -0.3 is 10.6 Å². The van der Waals surface area contributed by atoms with Crippen molar-refractivity contribution in [3.05, 3.63) is 47.7 Å². The fraction of sp³-hybridized carbons (Fsp3) is 0.294. The Balaban J connectivity index is 2.03. The van der Waals surface area contributed by atoms with E-state index in [0.29, 0.717) is 12.2 Å². The lowest BCUT2D eigenvalue weighted by molar-refractivity contribution is -0.116. The maximum absolute atomic E-state index is 11.5. The zero-order valence-electron chi connectivity index (χ0n) is 12.7. The van der Waals surface area contributed by atoms with Crippen LogP contribution in [0.5, 0.6) is 0 Å². The number of carbonyl (C=O) groups excluding carboxylic acids is 1. The first-order valence-electron chi connectivity index (χ1n) is 7.18. The van der Waals surface area contributed by atoms with Crippen molar-refractivity contribution in [2.75, 3.05) is 10.6 Å². The summed E-state index contributed by atoms with van der Waals surface area (Å²) in [5.41, 5.74) is 4.37. The van der Waals surface area contributed by atoms with Crippen LogP contribution in [0.1, 0.15) is 30.9 Å². The number of rotatable bonds is 5. The van der Waals surface area contributed by atoms with Gasteiger partial charge in [0.2, 0.25) is 5.91 Å². The van der Waals surface area contributed by atoms with Gasteiger partial charge in [-0.25, -0.2) is 4.98 Å². The molecule has 2 rings (SSSR count). The summed E-state index contributed by atoms with van der Waals surface area (Å²) in [5.74, 6) is 0.583. The summed E-state index contributed by atoms with van der Waals surface area (Å²) in [5, 5.41) is 6.09. The molecule has 0 atom stereocenters. The lowest BCUT2D eigenvalue weighted by Gasteiger charge is -2.09. The molecule has 1 aromatic carbocycles. The predicted octanol–water partition coefficient (Wildman–Crippen LogP) is 4.18. The fourth-order valence-electron chi connectivity index (χ4n) is 2.19. The summed E-state index contributed by atoms with van der Waals surface area (Å²) in [6.07, 6.45) is 3.07. The Morgan fingerprint density at radius 2 is 1.81 bits per heavy atom. The highest BCUT2D eigenvalue weighted by Crippen LogP contribution is 2.19. The molecule has 0 radical (unpaired) electrons. The van der Waals surface area contributed by atoms with E-state index in [0.717, 1.165) is 17.8 Å². The van der Waals surface area contributed by atoms with Gasteiger partial charge in [-0.15, -0.1) is 0 Å². The second-order valence-electron chi connectivity index (χ2n) is 5.23. The SMILES string of the molecule is CCCC(=O)Nc1ccc(Nc2cc(C)cc(C)c2)cn1. The second-order valence-corrected chi connectivity index (χ2v) is 5.23. The Kier molecular flexibility index (Phi) is 4.93. The Labute approximate surface area is 125 Å². The molecule has 2 N–H and O–H groups in total. The number of aromatic nitrogens is 1. The molecule has 1 heterocycles. The Hall–Kier alpha value is -2.36. The summed E-state index contributed by atoms with van der Waals surface area (Å²) in [6.45, 7) is 6.12. The molecule has 0 spiro atoms. The van der Waals surface area contributed by atoms with Crippen LogP contribution in [0.3, 0.4) is 0 Å². The third-order valence-electron chi connectivity index (χ3n) is 3.02. The molecule has 0 unspecified atom stereocenters.